The van der Waals surface area contributed by atoms with Crippen LogP contribution in [0, 0.1) is 0 Å². The molecule has 0 aromatic carbocycles. The quantitative estimate of drug-likeness (QED) is 0.443. The second-order valence-electron chi connectivity index (χ2n) is 4.41. The summed E-state index contributed by atoms with van der Waals surface area (Å²) in [5.74, 6) is -0.296. The summed E-state index contributed by atoms with van der Waals surface area (Å²) < 4.78 is 6.39. The molecule has 118 valence electrons. The van der Waals surface area contributed by atoms with Gasteiger partial charge in [0.15, 0.2) is 0 Å². The molecule has 0 bridgehead atoms. The molecule has 9 heteroatoms. The minimum atomic E-state index is -0.177. The molecule has 0 fully saturated rings. The zero-order valence-electron chi connectivity index (χ0n) is 12.4. The molecule has 1 heterocycles. The first kappa shape index (κ1) is 17.1. The van der Waals surface area contributed by atoms with E-state index in [9.17, 15) is 9.59 Å². The average Bonchev–Trinajstić information content (AvgIpc) is 2.87. The van der Waals surface area contributed by atoms with E-state index in [1.54, 1.807) is 13.3 Å². The van der Waals surface area contributed by atoms with Gasteiger partial charge in [-0.2, -0.15) is 0 Å². The number of hydrogen-bond donors (Lipinski definition) is 3. The van der Waals surface area contributed by atoms with Gasteiger partial charge in [0, 0.05) is 40.2 Å². The van der Waals surface area contributed by atoms with E-state index < -0.39 is 0 Å². The first-order valence-corrected chi connectivity index (χ1v) is 6.71. The van der Waals surface area contributed by atoms with Crippen molar-refractivity contribution in [3.8, 4) is 0 Å². The number of ether oxygens (including phenoxy) is 1. The average molecular weight is 298 g/mol. The van der Waals surface area contributed by atoms with Crippen LogP contribution in [0.1, 0.15) is 12.6 Å². The Hall–Kier alpha value is -2.00. The number of amides is 2. The van der Waals surface area contributed by atoms with Gasteiger partial charge >= 0.3 is 0 Å². The molecular weight excluding hydrogens is 276 g/mol. The van der Waals surface area contributed by atoms with E-state index in [-0.39, 0.29) is 18.4 Å². The molecule has 3 N–H and O–H groups in total. The van der Waals surface area contributed by atoms with Crippen LogP contribution in [0.25, 0.3) is 0 Å². The molecular formula is C12H22N6O3. The Morgan fingerprint density at radius 2 is 2.05 bits per heavy atom. The Morgan fingerprint density at radius 1 is 1.29 bits per heavy atom. The first-order valence-electron chi connectivity index (χ1n) is 6.71. The third kappa shape index (κ3) is 8.00. The van der Waals surface area contributed by atoms with Crippen molar-refractivity contribution in [1.29, 1.82) is 0 Å². The summed E-state index contributed by atoms with van der Waals surface area (Å²) >= 11 is 0. The van der Waals surface area contributed by atoms with Crippen molar-refractivity contribution in [2.24, 2.45) is 0 Å². The lowest BCUT2D eigenvalue weighted by Gasteiger charge is -2.05. The van der Waals surface area contributed by atoms with Gasteiger partial charge in [0.2, 0.25) is 11.8 Å². The van der Waals surface area contributed by atoms with Crippen molar-refractivity contribution in [2.75, 3.05) is 33.4 Å². The lowest BCUT2D eigenvalue weighted by Crippen LogP contribution is -2.35. The van der Waals surface area contributed by atoms with Crippen LogP contribution in [-0.2, 0) is 27.4 Å². The Kier molecular flexibility index (Phi) is 7.99. The van der Waals surface area contributed by atoms with Crippen LogP contribution in [0.4, 0.5) is 0 Å². The molecule has 0 aliphatic carbocycles. The summed E-state index contributed by atoms with van der Waals surface area (Å²) in [4.78, 5) is 22.3. The highest BCUT2D eigenvalue weighted by Crippen LogP contribution is 1.92. The number of rotatable bonds is 10. The van der Waals surface area contributed by atoms with E-state index >= 15 is 0 Å². The van der Waals surface area contributed by atoms with E-state index in [0.717, 1.165) is 12.2 Å². The van der Waals surface area contributed by atoms with Gasteiger partial charge in [-0.1, -0.05) is 5.21 Å². The van der Waals surface area contributed by atoms with Gasteiger partial charge in [0.1, 0.15) is 6.54 Å². The highest BCUT2D eigenvalue weighted by atomic mass is 16.5. The van der Waals surface area contributed by atoms with E-state index in [1.807, 2.05) is 0 Å². The number of nitrogens with one attached hydrogen (secondary N) is 3. The number of aromatic nitrogens is 3. The normalized spacial score (nSPS) is 10.4. The fourth-order valence-corrected chi connectivity index (χ4v) is 1.53. The zero-order valence-corrected chi connectivity index (χ0v) is 12.4. The SMILES string of the molecule is COCCNCc1cn(CC(=O)NCCNC(C)=O)nn1. The zero-order chi connectivity index (χ0) is 15.5. The van der Waals surface area contributed by atoms with E-state index in [0.29, 0.717) is 26.2 Å². The van der Waals surface area contributed by atoms with E-state index in [2.05, 4.69) is 26.3 Å². The number of nitrogens with zero attached hydrogens (tertiary/aromatic N) is 3. The molecule has 0 atom stereocenters. The van der Waals surface area contributed by atoms with Gasteiger partial charge in [-0.25, -0.2) is 4.68 Å². The van der Waals surface area contributed by atoms with Crippen molar-refractivity contribution in [3.63, 3.8) is 0 Å². The predicted octanol–water partition coefficient (Wildman–Crippen LogP) is -1.73. The van der Waals surface area contributed by atoms with Gasteiger partial charge in [0.05, 0.1) is 18.5 Å². The summed E-state index contributed by atoms with van der Waals surface area (Å²) in [6, 6.07) is 0. The van der Waals surface area contributed by atoms with Crippen LogP contribution in [0.2, 0.25) is 0 Å². The van der Waals surface area contributed by atoms with Crippen molar-refractivity contribution in [2.45, 2.75) is 20.0 Å². The van der Waals surface area contributed by atoms with Gasteiger partial charge in [0.25, 0.3) is 0 Å². The van der Waals surface area contributed by atoms with Gasteiger partial charge in [-0.3, -0.25) is 9.59 Å². The Bertz CT molecular complexity index is 448. The van der Waals surface area contributed by atoms with Crippen molar-refractivity contribution < 1.29 is 14.3 Å². The molecule has 0 spiro atoms. The van der Waals surface area contributed by atoms with Crippen LogP contribution in [0.3, 0.4) is 0 Å². The van der Waals surface area contributed by atoms with Gasteiger partial charge < -0.3 is 20.7 Å². The highest BCUT2D eigenvalue weighted by molar-refractivity contribution is 5.76. The molecule has 9 nitrogen and oxygen atoms in total. The lowest BCUT2D eigenvalue weighted by molar-refractivity contribution is -0.122. The van der Waals surface area contributed by atoms with Crippen molar-refractivity contribution in [1.82, 2.24) is 30.9 Å². The molecule has 1 aromatic heterocycles. The summed E-state index contributed by atoms with van der Waals surface area (Å²) in [7, 11) is 1.64. The smallest absolute Gasteiger partial charge is 0.241 e. The molecule has 0 aliphatic rings. The second-order valence-corrected chi connectivity index (χ2v) is 4.41. The van der Waals surface area contributed by atoms with Crippen LogP contribution >= 0.6 is 0 Å². The lowest BCUT2D eigenvalue weighted by atomic mass is 10.4. The summed E-state index contributed by atoms with van der Waals surface area (Å²) in [6.45, 7) is 4.27. The second kappa shape index (κ2) is 9.83. The largest absolute Gasteiger partial charge is 0.383 e. The first-order chi connectivity index (χ1) is 10.1. The Labute approximate surface area is 123 Å². The molecule has 21 heavy (non-hydrogen) atoms. The molecule has 0 radical (unpaired) electrons. The molecule has 0 saturated heterocycles. The minimum Gasteiger partial charge on any atom is -0.383 e. The molecule has 0 saturated carbocycles. The predicted molar refractivity (Wildman–Crippen MR) is 75.3 cm³/mol. The molecule has 2 amide bonds. The van der Waals surface area contributed by atoms with Crippen LogP contribution in [0.5, 0.6) is 0 Å². The Balaban J connectivity index is 2.20. The monoisotopic (exact) mass is 298 g/mol. The van der Waals surface area contributed by atoms with Crippen LogP contribution in [-0.4, -0.2) is 60.2 Å². The summed E-state index contributed by atoms with van der Waals surface area (Å²) in [5.41, 5.74) is 0.761. The molecule has 0 aliphatic heterocycles. The third-order valence-electron chi connectivity index (χ3n) is 2.50. The van der Waals surface area contributed by atoms with Gasteiger partial charge in [-0.05, 0) is 0 Å². The van der Waals surface area contributed by atoms with Crippen LogP contribution in [0.15, 0.2) is 6.20 Å². The number of carbonyl (C=O) groups is 2. The fourth-order valence-electron chi connectivity index (χ4n) is 1.53. The van der Waals surface area contributed by atoms with Gasteiger partial charge in [-0.15, -0.1) is 5.10 Å². The minimum absolute atomic E-state index is 0.102. The third-order valence-corrected chi connectivity index (χ3v) is 2.50. The van der Waals surface area contributed by atoms with Crippen molar-refractivity contribution >= 4 is 11.8 Å². The van der Waals surface area contributed by atoms with Crippen molar-refractivity contribution in [3.05, 3.63) is 11.9 Å². The maximum Gasteiger partial charge on any atom is 0.241 e. The van der Waals surface area contributed by atoms with E-state index in [1.165, 1.54) is 11.6 Å². The highest BCUT2D eigenvalue weighted by Gasteiger charge is 2.05. The molecule has 1 aromatic rings. The summed E-state index contributed by atoms with van der Waals surface area (Å²) in [5, 5.41) is 16.3. The van der Waals surface area contributed by atoms with E-state index in [4.69, 9.17) is 4.74 Å². The molecule has 1 rings (SSSR count). The summed E-state index contributed by atoms with van der Waals surface area (Å²) in [6.07, 6.45) is 1.72. The fraction of sp³-hybridized carbons (Fsp3) is 0.667. The number of methoxy groups -OCH3 is 1. The van der Waals surface area contributed by atoms with Crippen LogP contribution < -0.4 is 16.0 Å². The Morgan fingerprint density at radius 3 is 2.76 bits per heavy atom. The standard InChI is InChI=1S/C12H22N6O3/c1-10(19)14-3-4-15-12(20)9-18-8-11(16-17-18)7-13-5-6-21-2/h8,13H,3-7,9H2,1-2H3,(H,14,19)(H,15,20). The number of carbonyl (C=O) groups excluding carboxylic acids is 2. The maximum absolute atomic E-state index is 11.6. The maximum atomic E-state index is 11.6. The molecule has 0 unspecified atom stereocenters. The number of hydrogen-bond acceptors (Lipinski definition) is 6. The topological polar surface area (TPSA) is 110 Å².